The Kier molecular flexibility index (Phi) is 3.71. The second kappa shape index (κ2) is 5.25. The zero-order chi connectivity index (χ0) is 12.3. The molecule has 0 aliphatic rings. The Hall–Kier alpha value is -1.46. The van der Waals surface area contributed by atoms with E-state index in [1.54, 1.807) is 23.1 Å². The summed E-state index contributed by atoms with van der Waals surface area (Å²) in [6, 6.07) is 9.90. The monoisotopic (exact) mass is 264 g/mol. The summed E-state index contributed by atoms with van der Waals surface area (Å²) in [5.74, 6) is 0.140. The summed E-state index contributed by atoms with van der Waals surface area (Å²) in [6.07, 6.45) is 0. The third-order valence-corrected chi connectivity index (χ3v) is 4.50. The van der Waals surface area contributed by atoms with E-state index in [1.807, 2.05) is 31.2 Å². The lowest BCUT2D eigenvalue weighted by atomic mass is 10.1. The summed E-state index contributed by atoms with van der Waals surface area (Å²) in [7, 11) is 0. The molecule has 17 heavy (non-hydrogen) atoms. The fourth-order valence-corrected chi connectivity index (χ4v) is 3.21. The average molecular weight is 264 g/mol. The highest BCUT2D eigenvalue weighted by Gasteiger charge is 2.05. The lowest BCUT2D eigenvalue weighted by Crippen LogP contribution is -2.13. The maximum Gasteiger partial charge on any atom is 0.170 e. The van der Waals surface area contributed by atoms with Crippen molar-refractivity contribution in [2.75, 3.05) is 0 Å². The largest absolute Gasteiger partial charge is 0.409 e. The smallest absolute Gasteiger partial charge is 0.170 e. The highest BCUT2D eigenvalue weighted by molar-refractivity contribution is 8.01. The zero-order valence-corrected chi connectivity index (χ0v) is 10.9. The van der Waals surface area contributed by atoms with E-state index in [-0.39, 0.29) is 5.84 Å². The summed E-state index contributed by atoms with van der Waals surface area (Å²) in [5, 5.41) is 13.7. The normalized spacial score (nSPS) is 11.7. The molecule has 0 aliphatic carbocycles. The first-order valence-electron chi connectivity index (χ1n) is 5.00. The molecule has 3 nitrogen and oxygen atoms in total. The summed E-state index contributed by atoms with van der Waals surface area (Å²) in [5.41, 5.74) is 7.40. The first-order chi connectivity index (χ1) is 8.20. The van der Waals surface area contributed by atoms with Crippen LogP contribution in [0.2, 0.25) is 0 Å². The van der Waals surface area contributed by atoms with Crippen molar-refractivity contribution in [3.05, 3.63) is 46.8 Å². The third kappa shape index (κ3) is 2.81. The van der Waals surface area contributed by atoms with Gasteiger partial charge in [-0.2, -0.15) is 0 Å². The second-order valence-electron chi connectivity index (χ2n) is 3.50. The molecule has 0 bridgehead atoms. The summed E-state index contributed by atoms with van der Waals surface area (Å²) in [6.45, 7) is 2.02. The van der Waals surface area contributed by atoms with Crippen LogP contribution in [0.1, 0.15) is 11.1 Å². The van der Waals surface area contributed by atoms with Gasteiger partial charge in [0.25, 0.3) is 0 Å². The van der Waals surface area contributed by atoms with Crippen molar-refractivity contribution in [3.63, 3.8) is 0 Å². The van der Waals surface area contributed by atoms with Gasteiger partial charge in [-0.05, 0) is 36.1 Å². The van der Waals surface area contributed by atoms with Crippen molar-refractivity contribution in [3.8, 4) is 0 Å². The van der Waals surface area contributed by atoms with Gasteiger partial charge in [0, 0.05) is 10.5 Å². The van der Waals surface area contributed by atoms with Gasteiger partial charge in [0.1, 0.15) is 0 Å². The number of thiophene rings is 1. The molecular weight excluding hydrogens is 252 g/mol. The maximum atomic E-state index is 8.62. The summed E-state index contributed by atoms with van der Waals surface area (Å²) in [4.78, 5) is 1.18. The van der Waals surface area contributed by atoms with E-state index in [1.165, 1.54) is 9.10 Å². The molecule has 2 aromatic rings. The standard InChI is InChI=1S/C12H12N2OS2/c1-8-7-9(12(13)14-15)4-5-10(8)17-11-3-2-6-16-11/h2-7,15H,1H3,(H2,13,14). The molecule has 0 fully saturated rings. The molecule has 0 spiro atoms. The van der Waals surface area contributed by atoms with Gasteiger partial charge in [-0.3, -0.25) is 0 Å². The molecule has 0 radical (unpaired) electrons. The fraction of sp³-hybridized carbons (Fsp3) is 0.0833. The van der Waals surface area contributed by atoms with Crippen LogP contribution in [0.15, 0.2) is 50.0 Å². The number of hydrogen-bond acceptors (Lipinski definition) is 4. The molecule has 2 rings (SSSR count). The highest BCUT2D eigenvalue weighted by Crippen LogP contribution is 2.33. The molecule has 1 aromatic heterocycles. The number of aryl methyl sites for hydroxylation is 1. The first kappa shape index (κ1) is 12.0. The highest BCUT2D eigenvalue weighted by atomic mass is 32.2. The average Bonchev–Trinajstić information content (AvgIpc) is 2.83. The predicted octanol–water partition coefficient (Wildman–Crippen LogP) is 3.30. The number of benzene rings is 1. The third-order valence-electron chi connectivity index (χ3n) is 2.28. The quantitative estimate of drug-likeness (QED) is 0.387. The van der Waals surface area contributed by atoms with Gasteiger partial charge in [-0.15, -0.1) is 11.3 Å². The summed E-state index contributed by atoms with van der Waals surface area (Å²) < 4.78 is 1.25. The molecular formula is C12H12N2OS2. The van der Waals surface area contributed by atoms with Crippen molar-refractivity contribution < 1.29 is 5.21 Å². The molecule has 0 amide bonds. The van der Waals surface area contributed by atoms with Crippen LogP contribution in [0, 0.1) is 6.92 Å². The van der Waals surface area contributed by atoms with Crippen LogP contribution < -0.4 is 5.73 Å². The number of amidine groups is 1. The van der Waals surface area contributed by atoms with Gasteiger partial charge >= 0.3 is 0 Å². The topological polar surface area (TPSA) is 58.6 Å². The van der Waals surface area contributed by atoms with E-state index in [9.17, 15) is 0 Å². The van der Waals surface area contributed by atoms with Gasteiger partial charge in [-0.25, -0.2) is 0 Å². The van der Waals surface area contributed by atoms with Crippen LogP contribution in [-0.4, -0.2) is 11.0 Å². The lowest BCUT2D eigenvalue weighted by Gasteiger charge is -2.06. The van der Waals surface area contributed by atoms with E-state index in [2.05, 4.69) is 16.6 Å². The molecule has 3 N–H and O–H groups in total. The predicted molar refractivity (Wildman–Crippen MR) is 72.1 cm³/mol. The van der Waals surface area contributed by atoms with Crippen molar-refractivity contribution in [2.24, 2.45) is 10.9 Å². The van der Waals surface area contributed by atoms with Crippen molar-refractivity contribution >= 4 is 28.9 Å². The first-order valence-corrected chi connectivity index (χ1v) is 6.70. The van der Waals surface area contributed by atoms with Crippen LogP contribution in [0.25, 0.3) is 0 Å². The Labute approximate surface area is 108 Å². The van der Waals surface area contributed by atoms with Gasteiger partial charge in [0.05, 0.1) is 4.21 Å². The second-order valence-corrected chi connectivity index (χ2v) is 5.79. The molecule has 0 saturated heterocycles. The number of hydrogen-bond donors (Lipinski definition) is 2. The fourth-order valence-electron chi connectivity index (χ4n) is 1.41. The zero-order valence-electron chi connectivity index (χ0n) is 9.25. The Morgan fingerprint density at radius 1 is 1.41 bits per heavy atom. The van der Waals surface area contributed by atoms with Gasteiger partial charge < -0.3 is 10.9 Å². The van der Waals surface area contributed by atoms with E-state index in [0.29, 0.717) is 0 Å². The van der Waals surface area contributed by atoms with Crippen molar-refractivity contribution in [1.29, 1.82) is 0 Å². The lowest BCUT2D eigenvalue weighted by molar-refractivity contribution is 0.318. The molecule has 0 aliphatic heterocycles. The van der Waals surface area contributed by atoms with Crippen LogP contribution >= 0.6 is 23.1 Å². The SMILES string of the molecule is Cc1cc(/C(N)=N/O)ccc1Sc1cccs1. The molecule has 5 heteroatoms. The summed E-state index contributed by atoms with van der Waals surface area (Å²) >= 11 is 3.44. The number of rotatable bonds is 3. The van der Waals surface area contributed by atoms with E-state index >= 15 is 0 Å². The van der Waals surface area contributed by atoms with Gasteiger partial charge in [0.2, 0.25) is 0 Å². The number of oxime groups is 1. The molecule has 0 unspecified atom stereocenters. The molecule has 0 saturated carbocycles. The minimum absolute atomic E-state index is 0.140. The molecule has 1 heterocycles. The van der Waals surface area contributed by atoms with E-state index in [4.69, 9.17) is 10.9 Å². The van der Waals surface area contributed by atoms with Gasteiger partial charge in [0.15, 0.2) is 5.84 Å². The Morgan fingerprint density at radius 3 is 2.82 bits per heavy atom. The van der Waals surface area contributed by atoms with Crippen LogP contribution in [0.4, 0.5) is 0 Å². The Balaban J connectivity index is 2.26. The van der Waals surface area contributed by atoms with E-state index in [0.717, 1.165) is 11.1 Å². The van der Waals surface area contributed by atoms with Crippen molar-refractivity contribution in [2.45, 2.75) is 16.0 Å². The Bertz CT molecular complexity index is 535. The molecule has 1 aromatic carbocycles. The van der Waals surface area contributed by atoms with Crippen LogP contribution in [0.5, 0.6) is 0 Å². The molecule has 88 valence electrons. The Morgan fingerprint density at radius 2 is 2.24 bits per heavy atom. The van der Waals surface area contributed by atoms with Crippen molar-refractivity contribution in [1.82, 2.24) is 0 Å². The molecule has 0 atom stereocenters. The minimum atomic E-state index is 0.140. The number of nitrogens with zero attached hydrogens (tertiary/aromatic N) is 1. The van der Waals surface area contributed by atoms with Gasteiger partial charge in [-0.1, -0.05) is 29.1 Å². The van der Waals surface area contributed by atoms with E-state index < -0.39 is 0 Å². The minimum Gasteiger partial charge on any atom is -0.409 e. The van der Waals surface area contributed by atoms with Crippen LogP contribution in [0.3, 0.4) is 0 Å². The maximum absolute atomic E-state index is 8.62. The van der Waals surface area contributed by atoms with Crippen LogP contribution in [-0.2, 0) is 0 Å². The number of nitrogens with two attached hydrogens (primary N) is 1.